The van der Waals surface area contributed by atoms with Crippen molar-refractivity contribution in [1.29, 1.82) is 0 Å². The highest BCUT2D eigenvalue weighted by Gasteiger charge is 2.37. The Balaban J connectivity index is 1.88. The number of rotatable bonds is 4. The second-order valence-electron chi connectivity index (χ2n) is 6.24. The zero-order chi connectivity index (χ0) is 17.4. The average molecular weight is 330 g/mol. The van der Waals surface area contributed by atoms with E-state index in [0.717, 1.165) is 35.9 Å². The summed E-state index contributed by atoms with van der Waals surface area (Å²) < 4.78 is 0. The fraction of sp³-hybridized carbons (Fsp3) is 0.190. The molecule has 1 aliphatic heterocycles. The van der Waals surface area contributed by atoms with E-state index in [1.807, 2.05) is 30.3 Å². The molecule has 4 rings (SSSR count). The monoisotopic (exact) mass is 330 g/mol. The van der Waals surface area contributed by atoms with E-state index < -0.39 is 0 Å². The van der Waals surface area contributed by atoms with Crippen LogP contribution in [-0.4, -0.2) is 16.8 Å². The number of anilines is 1. The highest BCUT2D eigenvalue weighted by molar-refractivity contribution is 6.34. The second kappa shape index (κ2) is 6.13. The smallest absolute Gasteiger partial charge is 0.266 e. The molecule has 4 nitrogen and oxygen atoms in total. The largest absolute Gasteiger partial charge is 0.268 e. The summed E-state index contributed by atoms with van der Waals surface area (Å²) in [6.07, 6.45) is 2.72. The molecule has 0 saturated heterocycles. The van der Waals surface area contributed by atoms with Crippen molar-refractivity contribution in [2.75, 3.05) is 4.90 Å². The molecule has 0 atom stereocenters. The van der Waals surface area contributed by atoms with Gasteiger partial charge in [-0.15, -0.1) is 0 Å². The Hall–Kier alpha value is -3.01. The summed E-state index contributed by atoms with van der Waals surface area (Å²) in [5.74, 6) is -0.536. The van der Waals surface area contributed by atoms with Crippen molar-refractivity contribution in [2.45, 2.75) is 26.2 Å². The molecule has 2 amide bonds. The predicted octanol–water partition coefficient (Wildman–Crippen LogP) is 4.38. The van der Waals surface area contributed by atoms with Gasteiger partial charge in [0.1, 0.15) is 0 Å². The summed E-state index contributed by atoms with van der Waals surface area (Å²) in [5, 5.41) is 0.925. The van der Waals surface area contributed by atoms with E-state index in [0.29, 0.717) is 16.8 Å². The van der Waals surface area contributed by atoms with Gasteiger partial charge in [0.25, 0.3) is 11.8 Å². The van der Waals surface area contributed by atoms with E-state index in [-0.39, 0.29) is 11.8 Å². The number of benzene rings is 2. The highest BCUT2D eigenvalue weighted by Crippen LogP contribution is 2.32. The van der Waals surface area contributed by atoms with E-state index in [1.165, 1.54) is 4.90 Å². The first kappa shape index (κ1) is 15.5. The van der Waals surface area contributed by atoms with Gasteiger partial charge in [0.05, 0.1) is 28.0 Å². The highest BCUT2D eigenvalue weighted by atomic mass is 16.2. The molecule has 4 heteroatoms. The molecule has 0 spiro atoms. The minimum atomic E-state index is -0.268. The number of hydrogen-bond donors (Lipinski definition) is 0. The number of unbranched alkanes of at least 4 members (excludes halogenated alkanes) is 1. The van der Waals surface area contributed by atoms with E-state index in [1.54, 1.807) is 24.3 Å². The molecule has 0 bridgehead atoms. The van der Waals surface area contributed by atoms with Crippen molar-refractivity contribution in [3.63, 3.8) is 0 Å². The summed E-state index contributed by atoms with van der Waals surface area (Å²) in [6, 6.07) is 16.7. The number of amides is 2. The van der Waals surface area contributed by atoms with Crippen molar-refractivity contribution in [3.8, 4) is 0 Å². The summed E-state index contributed by atoms with van der Waals surface area (Å²) in [6.45, 7) is 2.11. The zero-order valence-electron chi connectivity index (χ0n) is 14.0. The van der Waals surface area contributed by atoms with Gasteiger partial charge in [-0.3, -0.25) is 14.6 Å². The summed E-state index contributed by atoms with van der Waals surface area (Å²) in [7, 11) is 0. The molecule has 2 heterocycles. The van der Waals surface area contributed by atoms with Crippen LogP contribution in [0.2, 0.25) is 0 Å². The SMILES string of the molecule is CCCCc1nc2ccccc2cc1N1C(=O)c2ccccc2C1=O. The topological polar surface area (TPSA) is 50.3 Å². The molecule has 0 aliphatic carbocycles. The van der Waals surface area contributed by atoms with Crippen molar-refractivity contribution >= 4 is 28.4 Å². The number of aromatic nitrogens is 1. The third-order valence-corrected chi connectivity index (χ3v) is 4.58. The van der Waals surface area contributed by atoms with E-state index in [2.05, 4.69) is 6.92 Å². The van der Waals surface area contributed by atoms with Crippen LogP contribution in [0.25, 0.3) is 10.9 Å². The Morgan fingerprint density at radius 2 is 1.56 bits per heavy atom. The van der Waals surface area contributed by atoms with Crippen molar-refractivity contribution in [1.82, 2.24) is 4.98 Å². The number of fused-ring (bicyclic) bond motifs is 2. The van der Waals surface area contributed by atoms with Gasteiger partial charge in [-0.1, -0.05) is 43.7 Å². The lowest BCUT2D eigenvalue weighted by Gasteiger charge is -2.18. The number of carbonyl (C=O) groups excluding carboxylic acids is 2. The lowest BCUT2D eigenvalue weighted by atomic mass is 10.1. The van der Waals surface area contributed by atoms with Crippen LogP contribution in [0.4, 0.5) is 5.69 Å². The first-order valence-corrected chi connectivity index (χ1v) is 8.57. The lowest BCUT2D eigenvalue weighted by Crippen LogP contribution is -2.30. The van der Waals surface area contributed by atoms with Crippen molar-refractivity contribution < 1.29 is 9.59 Å². The number of hydrogen-bond acceptors (Lipinski definition) is 3. The Bertz CT molecular complexity index is 959. The maximum Gasteiger partial charge on any atom is 0.266 e. The molecule has 0 radical (unpaired) electrons. The predicted molar refractivity (Wildman–Crippen MR) is 97.9 cm³/mol. The molecule has 3 aromatic rings. The molecule has 124 valence electrons. The molecule has 0 fully saturated rings. The Morgan fingerprint density at radius 3 is 2.24 bits per heavy atom. The standard InChI is InChI=1S/C21H18N2O2/c1-2-3-11-18-19(13-14-8-4-7-12-17(14)22-18)23-20(24)15-9-5-6-10-16(15)21(23)25/h4-10,12-13H,2-3,11H2,1H3. The average Bonchev–Trinajstić information content (AvgIpc) is 2.90. The first-order valence-electron chi connectivity index (χ1n) is 8.57. The van der Waals surface area contributed by atoms with Gasteiger partial charge in [0.15, 0.2) is 0 Å². The van der Waals surface area contributed by atoms with Crippen LogP contribution in [0.15, 0.2) is 54.6 Å². The van der Waals surface area contributed by atoms with Crippen LogP contribution in [0.5, 0.6) is 0 Å². The van der Waals surface area contributed by atoms with Gasteiger partial charge >= 0.3 is 0 Å². The lowest BCUT2D eigenvalue weighted by molar-refractivity contribution is 0.0925. The van der Waals surface area contributed by atoms with Crippen molar-refractivity contribution in [3.05, 3.63) is 71.4 Å². The molecule has 0 unspecified atom stereocenters. The zero-order valence-corrected chi connectivity index (χ0v) is 14.0. The molecular weight excluding hydrogens is 312 g/mol. The maximum absolute atomic E-state index is 12.8. The van der Waals surface area contributed by atoms with E-state index >= 15 is 0 Å². The van der Waals surface area contributed by atoms with Crippen LogP contribution < -0.4 is 4.90 Å². The number of pyridine rings is 1. The minimum Gasteiger partial charge on any atom is -0.268 e. The summed E-state index contributed by atoms with van der Waals surface area (Å²) in [4.78, 5) is 31.7. The first-order chi connectivity index (χ1) is 12.2. The summed E-state index contributed by atoms with van der Waals surface area (Å²) in [5.41, 5.74) is 3.21. The van der Waals surface area contributed by atoms with Crippen LogP contribution in [0, 0.1) is 0 Å². The Kier molecular flexibility index (Phi) is 3.80. The Morgan fingerprint density at radius 1 is 0.920 bits per heavy atom. The summed E-state index contributed by atoms with van der Waals surface area (Å²) >= 11 is 0. The molecule has 0 saturated carbocycles. The third kappa shape index (κ3) is 2.50. The molecule has 1 aliphatic rings. The van der Waals surface area contributed by atoms with Crippen LogP contribution in [0.3, 0.4) is 0 Å². The van der Waals surface area contributed by atoms with Gasteiger partial charge in [-0.25, -0.2) is 4.90 Å². The fourth-order valence-corrected chi connectivity index (χ4v) is 3.27. The van der Waals surface area contributed by atoms with Gasteiger partial charge in [0.2, 0.25) is 0 Å². The van der Waals surface area contributed by atoms with E-state index in [4.69, 9.17) is 4.98 Å². The molecule has 2 aromatic carbocycles. The molecule has 0 N–H and O–H groups in total. The number of nitrogens with zero attached hydrogens (tertiary/aromatic N) is 2. The maximum atomic E-state index is 12.8. The van der Waals surface area contributed by atoms with Crippen LogP contribution in [0.1, 0.15) is 46.2 Å². The van der Waals surface area contributed by atoms with Crippen LogP contribution >= 0.6 is 0 Å². The molecule has 1 aromatic heterocycles. The molecular formula is C21H18N2O2. The van der Waals surface area contributed by atoms with Gasteiger partial charge < -0.3 is 0 Å². The number of aryl methyl sites for hydroxylation is 1. The quantitative estimate of drug-likeness (QED) is 0.667. The second-order valence-corrected chi connectivity index (χ2v) is 6.24. The third-order valence-electron chi connectivity index (χ3n) is 4.58. The minimum absolute atomic E-state index is 0.268. The molecule has 25 heavy (non-hydrogen) atoms. The van der Waals surface area contributed by atoms with Crippen LogP contribution in [-0.2, 0) is 6.42 Å². The Labute approximate surface area is 146 Å². The number of imide groups is 1. The van der Waals surface area contributed by atoms with Gasteiger partial charge in [-0.2, -0.15) is 0 Å². The van der Waals surface area contributed by atoms with Crippen molar-refractivity contribution in [2.24, 2.45) is 0 Å². The fourth-order valence-electron chi connectivity index (χ4n) is 3.27. The van der Waals surface area contributed by atoms with Gasteiger partial charge in [0, 0.05) is 5.39 Å². The van der Waals surface area contributed by atoms with Gasteiger partial charge in [-0.05, 0) is 37.1 Å². The number of para-hydroxylation sites is 1. The number of carbonyl (C=O) groups is 2. The van der Waals surface area contributed by atoms with E-state index in [9.17, 15) is 9.59 Å². The normalized spacial score (nSPS) is 13.6.